The average molecular weight is 343 g/mol. The molecule has 0 aliphatic rings. The van der Waals surface area contributed by atoms with Crippen molar-refractivity contribution < 1.29 is 14.7 Å². The van der Waals surface area contributed by atoms with E-state index in [9.17, 15) is 9.59 Å². The zero-order valence-electron chi connectivity index (χ0n) is 8.08. The van der Waals surface area contributed by atoms with E-state index in [1.54, 1.807) is 6.08 Å². The standard InChI is InChI=1S/C9H13Br2NO3/c10-8(11)9(15)12-6-4-2-1-3-5-7(13)14/h3,5,8H,1-2,4,6H2,(H,12,15)(H,13,14)/b5-3-. The lowest BCUT2D eigenvalue weighted by atomic mass is 10.2. The molecule has 4 nitrogen and oxygen atoms in total. The molecule has 0 fully saturated rings. The first-order chi connectivity index (χ1) is 7.04. The molecule has 0 aromatic carbocycles. The maximum atomic E-state index is 11.0. The number of carbonyl (C=O) groups is 2. The lowest BCUT2D eigenvalue weighted by Crippen LogP contribution is -2.28. The fraction of sp³-hybridized carbons (Fsp3) is 0.556. The molecule has 0 aromatic rings. The Kier molecular flexibility index (Phi) is 8.70. The van der Waals surface area contributed by atoms with Gasteiger partial charge in [0.05, 0.1) is 0 Å². The van der Waals surface area contributed by atoms with Crippen LogP contribution in [0.4, 0.5) is 0 Å². The SMILES string of the molecule is O=C(O)/C=C\CCCCNC(=O)C(Br)Br. The molecule has 1 amide bonds. The van der Waals surface area contributed by atoms with Crippen molar-refractivity contribution in [3.63, 3.8) is 0 Å². The van der Waals surface area contributed by atoms with E-state index in [0.717, 1.165) is 18.9 Å². The molecule has 0 aromatic heterocycles. The summed E-state index contributed by atoms with van der Waals surface area (Å²) in [5, 5.41) is 11.0. The van der Waals surface area contributed by atoms with E-state index in [1.165, 1.54) is 0 Å². The number of hydrogen-bond acceptors (Lipinski definition) is 2. The van der Waals surface area contributed by atoms with Gasteiger partial charge in [-0.25, -0.2) is 4.79 Å². The monoisotopic (exact) mass is 341 g/mol. The quantitative estimate of drug-likeness (QED) is 0.422. The van der Waals surface area contributed by atoms with Gasteiger partial charge in [-0.05, 0) is 19.3 Å². The average Bonchev–Trinajstić information content (AvgIpc) is 2.15. The number of nitrogens with one attached hydrogen (secondary N) is 1. The van der Waals surface area contributed by atoms with Crippen molar-refractivity contribution in [2.45, 2.75) is 23.0 Å². The molecule has 0 rings (SSSR count). The van der Waals surface area contributed by atoms with E-state index in [1.807, 2.05) is 0 Å². The highest BCUT2D eigenvalue weighted by atomic mass is 79.9. The zero-order valence-corrected chi connectivity index (χ0v) is 11.3. The Morgan fingerprint density at radius 2 is 2.00 bits per heavy atom. The second kappa shape index (κ2) is 8.91. The molecular formula is C9H13Br2NO3. The van der Waals surface area contributed by atoms with Gasteiger partial charge in [-0.15, -0.1) is 0 Å². The highest BCUT2D eigenvalue weighted by Crippen LogP contribution is 2.07. The number of alkyl halides is 2. The van der Waals surface area contributed by atoms with Crippen LogP contribution in [0.3, 0.4) is 0 Å². The van der Waals surface area contributed by atoms with Crippen molar-refractivity contribution in [1.29, 1.82) is 0 Å². The molecule has 2 N–H and O–H groups in total. The molecule has 6 heteroatoms. The first-order valence-corrected chi connectivity index (χ1v) is 6.32. The number of allylic oxidation sites excluding steroid dienone is 1. The van der Waals surface area contributed by atoms with Crippen LogP contribution < -0.4 is 5.32 Å². The summed E-state index contributed by atoms with van der Waals surface area (Å²) in [6, 6.07) is 0. The second-order valence-corrected chi connectivity index (χ2v) is 5.89. The van der Waals surface area contributed by atoms with Crippen molar-refractivity contribution in [3.05, 3.63) is 12.2 Å². The van der Waals surface area contributed by atoms with E-state index >= 15 is 0 Å². The van der Waals surface area contributed by atoms with Crippen molar-refractivity contribution in [3.8, 4) is 0 Å². The third-order valence-electron chi connectivity index (χ3n) is 1.56. The van der Waals surface area contributed by atoms with E-state index in [-0.39, 0.29) is 9.64 Å². The van der Waals surface area contributed by atoms with Gasteiger partial charge in [-0.1, -0.05) is 37.9 Å². The molecule has 0 radical (unpaired) electrons. The highest BCUT2D eigenvalue weighted by Gasteiger charge is 2.07. The number of hydrogen-bond donors (Lipinski definition) is 2. The highest BCUT2D eigenvalue weighted by molar-refractivity contribution is 9.25. The molecule has 0 spiro atoms. The first kappa shape index (κ1) is 14.6. The minimum absolute atomic E-state index is 0.101. The van der Waals surface area contributed by atoms with Gasteiger partial charge in [0, 0.05) is 12.6 Å². The van der Waals surface area contributed by atoms with Crippen LogP contribution in [-0.4, -0.2) is 27.3 Å². The van der Waals surface area contributed by atoms with Crippen molar-refractivity contribution >= 4 is 43.7 Å². The molecule has 15 heavy (non-hydrogen) atoms. The molecule has 0 saturated carbocycles. The maximum absolute atomic E-state index is 11.0. The lowest BCUT2D eigenvalue weighted by Gasteiger charge is -2.04. The number of carbonyl (C=O) groups excluding carboxylic acids is 1. The summed E-state index contributed by atoms with van der Waals surface area (Å²) in [7, 11) is 0. The molecule has 0 saturated heterocycles. The third kappa shape index (κ3) is 9.93. The zero-order chi connectivity index (χ0) is 11.7. The molecule has 0 aliphatic heterocycles. The van der Waals surface area contributed by atoms with E-state index < -0.39 is 5.97 Å². The van der Waals surface area contributed by atoms with Crippen molar-refractivity contribution in [2.75, 3.05) is 6.54 Å². The fourth-order valence-electron chi connectivity index (χ4n) is 0.860. The summed E-state index contributed by atoms with van der Waals surface area (Å²) in [5.74, 6) is -1.03. The summed E-state index contributed by atoms with van der Waals surface area (Å²) in [6.07, 6.45) is 5.16. The van der Waals surface area contributed by atoms with E-state index in [2.05, 4.69) is 37.2 Å². The number of carboxylic acids is 1. The molecule has 0 unspecified atom stereocenters. The van der Waals surface area contributed by atoms with E-state index in [4.69, 9.17) is 5.11 Å². The number of unbranched alkanes of at least 4 members (excludes halogenated alkanes) is 2. The number of amides is 1. The molecule has 0 bridgehead atoms. The molecule has 0 atom stereocenters. The van der Waals surface area contributed by atoms with Gasteiger partial charge >= 0.3 is 5.97 Å². The fourth-order valence-corrected chi connectivity index (χ4v) is 1.18. The maximum Gasteiger partial charge on any atom is 0.327 e. The Hall–Kier alpha value is -0.360. The predicted molar refractivity (Wildman–Crippen MR) is 65.3 cm³/mol. The Balaban J connectivity index is 3.33. The molecule has 86 valence electrons. The molecule has 0 aliphatic carbocycles. The Morgan fingerprint density at radius 1 is 1.33 bits per heavy atom. The van der Waals surface area contributed by atoms with Crippen LogP contribution in [-0.2, 0) is 9.59 Å². The van der Waals surface area contributed by atoms with Crippen LogP contribution in [0.25, 0.3) is 0 Å². The van der Waals surface area contributed by atoms with Crippen LogP contribution in [0.5, 0.6) is 0 Å². The van der Waals surface area contributed by atoms with Crippen molar-refractivity contribution in [2.24, 2.45) is 0 Å². The largest absolute Gasteiger partial charge is 0.478 e. The summed E-state index contributed by atoms with van der Waals surface area (Å²) >= 11 is 6.16. The summed E-state index contributed by atoms with van der Waals surface area (Å²) in [5.41, 5.74) is 0. The number of rotatable bonds is 7. The minimum Gasteiger partial charge on any atom is -0.478 e. The summed E-state index contributed by atoms with van der Waals surface area (Å²) < 4.78 is -0.350. The predicted octanol–water partition coefficient (Wildman–Crippen LogP) is 2.03. The van der Waals surface area contributed by atoms with Gasteiger partial charge in [-0.2, -0.15) is 0 Å². The van der Waals surface area contributed by atoms with Gasteiger partial charge in [0.1, 0.15) is 3.74 Å². The second-order valence-electron chi connectivity index (χ2n) is 2.83. The van der Waals surface area contributed by atoms with Crippen LogP contribution in [0.1, 0.15) is 19.3 Å². The Bertz CT molecular complexity index is 242. The smallest absolute Gasteiger partial charge is 0.327 e. The van der Waals surface area contributed by atoms with Crippen LogP contribution >= 0.6 is 31.9 Å². The topological polar surface area (TPSA) is 66.4 Å². The summed E-state index contributed by atoms with van der Waals surface area (Å²) in [4.78, 5) is 21.1. The summed E-state index contributed by atoms with van der Waals surface area (Å²) in [6.45, 7) is 0.605. The number of halogens is 2. The lowest BCUT2D eigenvalue weighted by molar-refractivity contribution is -0.131. The third-order valence-corrected chi connectivity index (χ3v) is 2.39. The number of carboxylic acid groups (broad SMARTS) is 1. The van der Waals surface area contributed by atoms with Crippen LogP contribution in [0.15, 0.2) is 12.2 Å². The van der Waals surface area contributed by atoms with Crippen molar-refractivity contribution in [1.82, 2.24) is 5.32 Å². The van der Waals surface area contributed by atoms with Crippen LogP contribution in [0, 0.1) is 0 Å². The molecular weight excluding hydrogens is 330 g/mol. The first-order valence-electron chi connectivity index (χ1n) is 4.49. The minimum atomic E-state index is -0.926. The van der Waals surface area contributed by atoms with Gasteiger partial charge < -0.3 is 10.4 Å². The van der Waals surface area contributed by atoms with Crippen LogP contribution in [0.2, 0.25) is 0 Å². The Morgan fingerprint density at radius 3 is 2.53 bits per heavy atom. The van der Waals surface area contributed by atoms with Gasteiger partial charge in [0.25, 0.3) is 0 Å². The van der Waals surface area contributed by atoms with Gasteiger partial charge in [0.15, 0.2) is 0 Å². The van der Waals surface area contributed by atoms with E-state index in [0.29, 0.717) is 13.0 Å². The van der Waals surface area contributed by atoms with Gasteiger partial charge in [-0.3, -0.25) is 4.79 Å². The van der Waals surface area contributed by atoms with Gasteiger partial charge in [0.2, 0.25) is 5.91 Å². The number of aliphatic carboxylic acids is 1. The Labute approximate surface area is 105 Å². The molecule has 0 heterocycles. The normalized spacial score (nSPS) is 10.9.